The minimum Gasteiger partial charge on any atom is -0.339 e. The minimum atomic E-state index is -0.120. The van der Waals surface area contributed by atoms with E-state index >= 15 is 0 Å². The fourth-order valence-corrected chi connectivity index (χ4v) is 3.46. The summed E-state index contributed by atoms with van der Waals surface area (Å²) >= 11 is 0. The highest BCUT2D eigenvalue weighted by molar-refractivity contribution is 5.97. The number of nitrogens with one attached hydrogen (secondary N) is 1. The molecule has 0 radical (unpaired) electrons. The van der Waals surface area contributed by atoms with Gasteiger partial charge in [0.25, 0.3) is 5.91 Å². The highest BCUT2D eigenvalue weighted by Crippen LogP contribution is 2.40. The van der Waals surface area contributed by atoms with Crippen molar-refractivity contribution in [3.05, 3.63) is 35.2 Å². The molecule has 4 heterocycles. The summed E-state index contributed by atoms with van der Waals surface area (Å²) in [4.78, 5) is 23.7. The lowest BCUT2D eigenvalue weighted by atomic mass is 10.1. The van der Waals surface area contributed by atoms with Gasteiger partial charge in [-0.3, -0.25) is 9.89 Å². The van der Waals surface area contributed by atoms with Crippen molar-refractivity contribution >= 4 is 16.9 Å². The molecule has 5 rings (SSSR count). The van der Waals surface area contributed by atoms with Crippen molar-refractivity contribution in [3.63, 3.8) is 0 Å². The molecule has 1 saturated heterocycles. The van der Waals surface area contributed by atoms with E-state index in [9.17, 15) is 4.79 Å². The number of likely N-dealkylation sites (tertiary alicyclic amines) is 1. The molecule has 1 saturated carbocycles. The summed E-state index contributed by atoms with van der Waals surface area (Å²) in [5, 5.41) is 12.0. The Morgan fingerprint density at radius 3 is 3.08 bits per heavy atom. The van der Waals surface area contributed by atoms with Crippen LogP contribution in [0.1, 0.15) is 65.4 Å². The van der Waals surface area contributed by atoms with E-state index < -0.39 is 0 Å². The van der Waals surface area contributed by atoms with Gasteiger partial charge in [0.1, 0.15) is 0 Å². The van der Waals surface area contributed by atoms with E-state index in [1.165, 1.54) is 0 Å². The van der Waals surface area contributed by atoms with E-state index in [-0.39, 0.29) is 11.9 Å². The second-order valence-corrected chi connectivity index (χ2v) is 6.87. The topological polar surface area (TPSA) is 101 Å². The van der Waals surface area contributed by atoms with E-state index in [1.807, 2.05) is 17.9 Å². The van der Waals surface area contributed by atoms with Gasteiger partial charge in [0, 0.05) is 29.7 Å². The van der Waals surface area contributed by atoms with Gasteiger partial charge in [-0.1, -0.05) is 5.16 Å². The van der Waals surface area contributed by atoms with Crippen molar-refractivity contribution < 1.29 is 9.32 Å². The number of rotatable bonds is 3. The Bertz CT molecular complexity index is 957. The summed E-state index contributed by atoms with van der Waals surface area (Å²) in [6.45, 7) is 2.61. The second-order valence-electron chi connectivity index (χ2n) is 6.87. The zero-order valence-corrected chi connectivity index (χ0v) is 13.9. The number of carbonyl (C=O) groups is 1. The predicted molar refractivity (Wildman–Crippen MR) is 87.9 cm³/mol. The molecule has 1 aliphatic heterocycles. The molecular weight excluding hydrogens is 320 g/mol. The van der Waals surface area contributed by atoms with Gasteiger partial charge in [0.15, 0.2) is 11.5 Å². The fraction of sp³-hybridized carbons (Fsp3) is 0.471. The third-order valence-electron chi connectivity index (χ3n) is 5.04. The molecule has 1 unspecified atom stereocenters. The van der Waals surface area contributed by atoms with Gasteiger partial charge < -0.3 is 9.42 Å². The Morgan fingerprint density at radius 1 is 1.36 bits per heavy atom. The molecule has 2 aliphatic rings. The summed E-state index contributed by atoms with van der Waals surface area (Å²) in [7, 11) is 0. The largest absolute Gasteiger partial charge is 0.339 e. The Kier molecular flexibility index (Phi) is 3.13. The monoisotopic (exact) mass is 338 g/mol. The number of amides is 1. The summed E-state index contributed by atoms with van der Waals surface area (Å²) in [6, 6.07) is 1.73. The van der Waals surface area contributed by atoms with Gasteiger partial charge in [0.2, 0.25) is 5.89 Å². The standard InChI is InChI=1S/C17H18N6O2/c1-9-12-7-11(8-18-14(12)21-20-9)17(24)23-6-2-3-13(23)15-19-16(25-22-15)10-4-5-10/h7-8,10,13H,2-6H2,1H3,(H,18,20,21). The molecule has 1 aliphatic carbocycles. The SMILES string of the molecule is Cc1[nH]nc2ncc(C(=O)N3CCCC3c3noc(C4CC4)n3)cc12. The van der Waals surface area contributed by atoms with Gasteiger partial charge in [-0.05, 0) is 38.7 Å². The lowest BCUT2D eigenvalue weighted by Crippen LogP contribution is -2.31. The first kappa shape index (κ1) is 14.6. The number of aryl methyl sites for hydroxylation is 1. The van der Waals surface area contributed by atoms with E-state index in [2.05, 4.69) is 25.3 Å². The van der Waals surface area contributed by atoms with Crippen LogP contribution in [-0.2, 0) is 0 Å². The first-order valence-corrected chi connectivity index (χ1v) is 8.66. The average molecular weight is 338 g/mol. The first-order valence-electron chi connectivity index (χ1n) is 8.66. The van der Waals surface area contributed by atoms with Crippen molar-refractivity contribution in [2.24, 2.45) is 0 Å². The van der Waals surface area contributed by atoms with E-state index in [0.717, 1.165) is 36.8 Å². The van der Waals surface area contributed by atoms with Crippen LogP contribution in [0.25, 0.3) is 11.0 Å². The first-order chi connectivity index (χ1) is 12.2. The molecule has 0 bridgehead atoms. The van der Waals surface area contributed by atoms with E-state index in [0.29, 0.717) is 35.4 Å². The van der Waals surface area contributed by atoms with Crippen LogP contribution in [-0.4, -0.2) is 42.7 Å². The highest BCUT2D eigenvalue weighted by atomic mass is 16.5. The zero-order chi connectivity index (χ0) is 17.0. The van der Waals surface area contributed by atoms with Crippen LogP contribution in [0.2, 0.25) is 0 Å². The van der Waals surface area contributed by atoms with Crippen LogP contribution in [0.4, 0.5) is 0 Å². The van der Waals surface area contributed by atoms with Gasteiger partial charge in [-0.2, -0.15) is 10.1 Å². The number of aromatic nitrogens is 5. The lowest BCUT2D eigenvalue weighted by molar-refractivity contribution is 0.0728. The Hall–Kier alpha value is -2.77. The quantitative estimate of drug-likeness (QED) is 0.787. The molecule has 3 aromatic heterocycles. The molecule has 1 N–H and O–H groups in total. The van der Waals surface area contributed by atoms with Crippen molar-refractivity contribution in [1.29, 1.82) is 0 Å². The van der Waals surface area contributed by atoms with Crippen LogP contribution < -0.4 is 0 Å². The van der Waals surface area contributed by atoms with Gasteiger partial charge in [-0.15, -0.1) is 0 Å². The van der Waals surface area contributed by atoms with Crippen molar-refractivity contribution in [1.82, 2.24) is 30.2 Å². The van der Waals surface area contributed by atoms with Crippen molar-refractivity contribution in [2.75, 3.05) is 6.54 Å². The summed E-state index contributed by atoms with van der Waals surface area (Å²) in [6.07, 6.45) is 5.61. The maximum atomic E-state index is 13.0. The van der Waals surface area contributed by atoms with Gasteiger partial charge in [0.05, 0.1) is 11.6 Å². The van der Waals surface area contributed by atoms with E-state index in [4.69, 9.17) is 4.52 Å². The van der Waals surface area contributed by atoms with Crippen LogP contribution >= 0.6 is 0 Å². The summed E-state index contributed by atoms with van der Waals surface area (Å²) in [5.74, 6) is 1.71. The molecule has 3 aromatic rings. The Morgan fingerprint density at radius 2 is 2.24 bits per heavy atom. The third kappa shape index (κ3) is 2.40. The number of H-pyrrole nitrogens is 1. The molecule has 1 amide bonds. The van der Waals surface area contributed by atoms with Gasteiger partial charge in [-0.25, -0.2) is 4.98 Å². The minimum absolute atomic E-state index is 0.0460. The summed E-state index contributed by atoms with van der Waals surface area (Å²) < 4.78 is 5.37. The molecule has 8 heteroatoms. The molecule has 1 atom stereocenters. The third-order valence-corrected chi connectivity index (χ3v) is 5.04. The summed E-state index contributed by atoms with van der Waals surface area (Å²) in [5.41, 5.74) is 2.09. The number of fused-ring (bicyclic) bond motifs is 1. The Balaban J connectivity index is 1.44. The maximum absolute atomic E-state index is 13.0. The zero-order valence-electron chi connectivity index (χ0n) is 13.9. The number of aromatic amines is 1. The van der Waals surface area contributed by atoms with Crippen LogP contribution in [0, 0.1) is 6.92 Å². The average Bonchev–Trinajstić information content (AvgIpc) is 3.04. The number of hydrogen-bond donors (Lipinski definition) is 1. The lowest BCUT2D eigenvalue weighted by Gasteiger charge is -2.22. The second kappa shape index (κ2) is 5.37. The molecular formula is C17H18N6O2. The smallest absolute Gasteiger partial charge is 0.256 e. The maximum Gasteiger partial charge on any atom is 0.256 e. The Labute approximate surface area is 143 Å². The number of hydrogen-bond acceptors (Lipinski definition) is 6. The molecule has 0 aromatic carbocycles. The van der Waals surface area contributed by atoms with Gasteiger partial charge >= 0.3 is 0 Å². The predicted octanol–water partition coefficient (Wildman–Crippen LogP) is 2.50. The number of nitrogens with zero attached hydrogens (tertiary/aromatic N) is 5. The molecule has 128 valence electrons. The fourth-order valence-electron chi connectivity index (χ4n) is 3.46. The van der Waals surface area contributed by atoms with Crippen LogP contribution in [0.15, 0.2) is 16.8 Å². The van der Waals surface area contributed by atoms with Crippen molar-refractivity contribution in [2.45, 2.75) is 44.6 Å². The molecule has 2 fully saturated rings. The number of pyridine rings is 1. The molecule has 0 spiro atoms. The van der Waals surface area contributed by atoms with Crippen molar-refractivity contribution in [3.8, 4) is 0 Å². The van der Waals surface area contributed by atoms with E-state index in [1.54, 1.807) is 6.20 Å². The number of carbonyl (C=O) groups excluding carboxylic acids is 1. The molecule has 25 heavy (non-hydrogen) atoms. The highest BCUT2D eigenvalue weighted by Gasteiger charge is 2.36. The molecule has 8 nitrogen and oxygen atoms in total. The van der Waals surface area contributed by atoms with Crippen LogP contribution in [0.3, 0.4) is 0 Å². The normalized spacial score (nSPS) is 20.5. The van der Waals surface area contributed by atoms with Crippen LogP contribution in [0.5, 0.6) is 0 Å².